The summed E-state index contributed by atoms with van der Waals surface area (Å²) in [6, 6.07) is 13.1. The number of carbonyl (C=O) groups excluding carboxylic acids is 3. The standard InChI is InChI=1S/C19H18O4/c1-3-23-19(22)17(13(2)12-20)11-18(21)16-9-8-14-6-4-5-7-15(14)10-16/h4-10,12,17H,2-3,11H2,1H3. The molecule has 2 rings (SSSR count). The maximum atomic E-state index is 12.5. The van der Waals surface area contributed by atoms with Crippen LogP contribution < -0.4 is 0 Å². The first kappa shape index (κ1) is 16.6. The van der Waals surface area contributed by atoms with Gasteiger partial charge in [-0.15, -0.1) is 0 Å². The summed E-state index contributed by atoms with van der Waals surface area (Å²) in [5.41, 5.74) is 0.550. The number of hydrogen-bond donors (Lipinski definition) is 0. The first-order chi connectivity index (χ1) is 11.1. The minimum absolute atomic E-state index is 0.0533. The lowest BCUT2D eigenvalue weighted by molar-refractivity contribution is -0.147. The number of ketones is 1. The van der Waals surface area contributed by atoms with Crippen LogP contribution in [0.25, 0.3) is 10.8 Å². The molecule has 0 saturated heterocycles. The van der Waals surface area contributed by atoms with Gasteiger partial charge in [0.25, 0.3) is 0 Å². The van der Waals surface area contributed by atoms with Gasteiger partial charge in [-0.1, -0.05) is 43.0 Å². The minimum atomic E-state index is -0.938. The van der Waals surface area contributed by atoms with Crippen LogP contribution in [0, 0.1) is 5.92 Å². The first-order valence-corrected chi connectivity index (χ1v) is 7.39. The van der Waals surface area contributed by atoms with E-state index in [4.69, 9.17) is 4.74 Å². The van der Waals surface area contributed by atoms with E-state index in [2.05, 4.69) is 6.58 Å². The second kappa shape index (κ2) is 7.49. The van der Waals surface area contributed by atoms with E-state index in [0.29, 0.717) is 11.8 Å². The molecule has 23 heavy (non-hydrogen) atoms. The summed E-state index contributed by atoms with van der Waals surface area (Å²) in [6.07, 6.45) is 0.365. The van der Waals surface area contributed by atoms with E-state index in [1.165, 1.54) is 0 Å². The number of hydrogen-bond acceptors (Lipinski definition) is 4. The summed E-state index contributed by atoms with van der Waals surface area (Å²) in [6.45, 7) is 5.41. The molecule has 0 bridgehead atoms. The zero-order valence-corrected chi connectivity index (χ0v) is 13.0. The molecule has 0 aliphatic rings. The van der Waals surface area contributed by atoms with Crippen molar-refractivity contribution in [2.24, 2.45) is 5.92 Å². The lowest BCUT2D eigenvalue weighted by Gasteiger charge is -2.14. The molecule has 4 nitrogen and oxygen atoms in total. The summed E-state index contributed by atoms with van der Waals surface area (Å²) < 4.78 is 4.92. The summed E-state index contributed by atoms with van der Waals surface area (Å²) in [4.78, 5) is 35.3. The lowest BCUT2D eigenvalue weighted by atomic mass is 9.92. The molecule has 0 aliphatic heterocycles. The topological polar surface area (TPSA) is 60.4 Å². The fourth-order valence-electron chi connectivity index (χ4n) is 2.36. The highest BCUT2D eigenvalue weighted by atomic mass is 16.5. The Hall–Kier alpha value is -2.75. The van der Waals surface area contributed by atoms with E-state index in [-0.39, 0.29) is 24.4 Å². The molecular formula is C19H18O4. The van der Waals surface area contributed by atoms with E-state index >= 15 is 0 Å². The van der Waals surface area contributed by atoms with Crippen LogP contribution >= 0.6 is 0 Å². The van der Waals surface area contributed by atoms with Crippen molar-refractivity contribution in [2.45, 2.75) is 13.3 Å². The molecule has 0 amide bonds. The highest BCUT2D eigenvalue weighted by molar-refractivity contribution is 6.02. The van der Waals surface area contributed by atoms with E-state index < -0.39 is 11.9 Å². The van der Waals surface area contributed by atoms with Crippen LogP contribution in [0.4, 0.5) is 0 Å². The highest BCUT2D eigenvalue weighted by Gasteiger charge is 2.26. The van der Waals surface area contributed by atoms with Crippen molar-refractivity contribution in [2.75, 3.05) is 6.61 Å². The zero-order chi connectivity index (χ0) is 16.8. The number of aldehydes is 1. The van der Waals surface area contributed by atoms with Gasteiger partial charge in [-0.05, 0) is 29.3 Å². The van der Waals surface area contributed by atoms with Gasteiger partial charge >= 0.3 is 5.97 Å². The predicted octanol–water partition coefficient (Wildman–Crippen LogP) is 3.35. The Morgan fingerprint density at radius 1 is 1.17 bits per heavy atom. The SMILES string of the molecule is C=C(C=O)C(CC(=O)c1ccc2ccccc2c1)C(=O)OCC. The quantitative estimate of drug-likeness (QED) is 0.340. The molecule has 0 saturated carbocycles. The molecule has 0 aromatic heterocycles. The van der Waals surface area contributed by atoms with Gasteiger partial charge in [0.2, 0.25) is 0 Å². The number of benzene rings is 2. The van der Waals surface area contributed by atoms with Gasteiger partial charge in [0, 0.05) is 12.0 Å². The maximum absolute atomic E-state index is 12.5. The van der Waals surface area contributed by atoms with Gasteiger partial charge in [0.1, 0.15) is 6.29 Å². The smallest absolute Gasteiger partial charge is 0.313 e. The van der Waals surface area contributed by atoms with Crippen molar-refractivity contribution in [1.82, 2.24) is 0 Å². The molecular weight excluding hydrogens is 292 g/mol. The molecule has 118 valence electrons. The number of fused-ring (bicyclic) bond motifs is 1. The Bertz CT molecular complexity index is 761. The van der Waals surface area contributed by atoms with E-state index in [9.17, 15) is 14.4 Å². The Kier molecular flexibility index (Phi) is 5.41. The van der Waals surface area contributed by atoms with Crippen molar-refractivity contribution in [1.29, 1.82) is 0 Å². The average Bonchev–Trinajstić information content (AvgIpc) is 2.58. The molecule has 0 heterocycles. The van der Waals surface area contributed by atoms with Gasteiger partial charge < -0.3 is 4.74 Å². The zero-order valence-electron chi connectivity index (χ0n) is 13.0. The Balaban J connectivity index is 2.24. The van der Waals surface area contributed by atoms with Crippen molar-refractivity contribution in [3.8, 4) is 0 Å². The molecule has 2 aromatic rings. The van der Waals surface area contributed by atoms with Crippen LogP contribution in [-0.4, -0.2) is 24.6 Å². The van der Waals surface area contributed by atoms with Crippen molar-refractivity contribution >= 4 is 28.8 Å². The Labute approximate surface area is 134 Å². The predicted molar refractivity (Wildman–Crippen MR) is 88.2 cm³/mol. The number of carbonyl (C=O) groups is 3. The molecule has 0 radical (unpaired) electrons. The summed E-state index contributed by atoms with van der Waals surface area (Å²) in [5.74, 6) is -1.76. The third kappa shape index (κ3) is 3.92. The highest BCUT2D eigenvalue weighted by Crippen LogP contribution is 2.21. The van der Waals surface area contributed by atoms with Crippen LogP contribution in [0.2, 0.25) is 0 Å². The maximum Gasteiger partial charge on any atom is 0.313 e. The third-order valence-corrected chi connectivity index (χ3v) is 3.63. The van der Waals surface area contributed by atoms with Crippen molar-refractivity contribution in [3.63, 3.8) is 0 Å². The Morgan fingerprint density at radius 2 is 1.87 bits per heavy atom. The molecule has 1 atom stereocenters. The fraction of sp³-hybridized carbons (Fsp3) is 0.211. The van der Waals surface area contributed by atoms with E-state index in [0.717, 1.165) is 10.8 Å². The first-order valence-electron chi connectivity index (χ1n) is 7.39. The Morgan fingerprint density at radius 3 is 2.52 bits per heavy atom. The third-order valence-electron chi connectivity index (χ3n) is 3.63. The monoisotopic (exact) mass is 310 g/mol. The van der Waals surface area contributed by atoms with Crippen molar-refractivity contribution < 1.29 is 19.1 Å². The van der Waals surface area contributed by atoms with Gasteiger partial charge in [-0.2, -0.15) is 0 Å². The summed E-state index contributed by atoms with van der Waals surface area (Å²) >= 11 is 0. The molecule has 2 aromatic carbocycles. The molecule has 0 spiro atoms. The molecule has 0 fully saturated rings. The fourth-order valence-corrected chi connectivity index (χ4v) is 2.36. The second-order valence-electron chi connectivity index (χ2n) is 5.19. The molecule has 1 unspecified atom stereocenters. The van der Waals surface area contributed by atoms with Crippen LogP contribution in [-0.2, 0) is 14.3 Å². The number of Topliss-reactive ketones (excluding diaryl/α,β-unsaturated/α-hetero) is 1. The van der Waals surface area contributed by atoms with Gasteiger partial charge in [-0.3, -0.25) is 14.4 Å². The van der Waals surface area contributed by atoms with E-state index in [1.807, 2.05) is 30.3 Å². The lowest BCUT2D eigenvalue weighted by Crippen LogP contribution is -2.23. The second-order valence-corrected chi connectivity index (χ2v) is 5.19. The minimum Gasteiger partial charge on any atom is -0.466 e. The number of rotatable bonds is 7. The van der Waals surface area contributed by atoms with Gasteiger partial charge in [0.15, 0.2) is 5.78 Å². The van der Waals surface area contributed by atoms with Crippen LogP contribution in [0.15, 0.2) is 54.6 Å². The largest absolute Gasteiger partial charge is 0.466 e. The number of esters is 1. The molecule has 0 N–H and O–H groups in total. The van der Waals surface area contributed by atoms with Gasteiger partial charge in [-0.25, -0.2) is 0 Å². The molecule has 0 aliphatic carbocycles. The van der Waals surface area contributed by atoms with Gasteiger partial charge in [0.05, 0.1) is 12.5 Å². The van der Waals surface area contributed by atoms with Crippen LogP contribution in [0.1, 0.15) is 23.7 Å². The van der Waals surface area contributed by atoms with Crippen LogP contribution in [0.5, 0.6) is 0 Å². The van der Waals surface area contributed by atoms with Crippen LogP contribution in [0.3, 0.4) is 0 Å². The summed E-state index contributed by atoms with van der Waals surface area (Å²) in [5, 5.41) is 1.98. The average molecular weight is 310 g/mol. The van der Waals surface area contributed by atoms with E-state index in [1.54, 1.807) is 19.1 Å². The number of ether oxygens (including phenoxy) is 1. The molecule has 4 heteroatoms. The van der Waals surface area contributed by atoms with Crippen molar-refractivity contribution in [3.05, 3.63) is 60.2 Å². The summed E-state index contributed by atoms with van der Waals surface area (Å²) in [7, 11) is 0. The normalized spacial score (nSPS) is 11.7.